The number of Topliss-reactive ketones (excluding diaryl/α,β-unsaturated/α-hetero) is 1. The van der Waals surface area contributed by atoms with Gasteiger partial charge in [-0.05, 0) is 55.7 Å². The predicted octanol–water partition coefficient (Wildman–Crippen LogP) is 3.38. The Kier molecular flexibility index (Phi) is 3.78. The monoisotopic (exact) mass is 288 g/mol. The number of rotatable bonds is 3. The molecule has 0 atom stereocenters. The van der Waals surface area contributed by atoms with Crippen molar-refractivity contribution in [2.24, 2.45) is 11.3 Å². The molecule has 21 heavy (non-hydrogen) atoms. The van der Waals surface area contributed by atoms with Crippen molar-refractivity contribution in [1.29, 1.82) is 0 Å². The summed E-state index contributed by atoms with van der Waals surface area (Å²) in [5.41, 5.74) is 1.74. The quantitative estimate of drug-likeness (QED) is 0.927. The highest BCUT2D eigenvalue weighted by Crippen LogP contribution is 2.47. The topological polar surface area (TPSA) is 46.5 Å². The third kappa shape index (κ3) is 2.71. The van der Waals surface area contributed by atoms with Crippen molar-refractivity contribution in [2.75, 3.05) is 6.61 Å². The summed E-state index contributed by atoms with van der Waals surface area (Å²) >= 11 is 0. The van der Waals surface area contributed by atoms with Crippen molar-refractivity contribution in [2.45, 2.75) is 52.1 Å². The predicted molar refractivity (Wildman–Crippen MR) is 81.7 cm³/mol. The van der Waals surface area contributed by atoms with Gasteiger partial charge in [-0.3, -0.25) is 4.79 Å². The summed E-state index contributed by atoms with van der Waals surface area (Å²) in [5, 5.41) is 9.69. The van der Waals surface area contributed by atoms with Crippen LogP contribution in [0.1, 0.15) is 55.5 Å². The summed E-state index contributed by atoms with van der Waals surface area (Å²) in [6.45, 7) is 4.89. The van der Waals surface area contributed by atoms with Crippen molar-refractivity contribution in [3.63, 3.8) is 0 Å². The maximum Gasteiger partial charge on any atom is 0.169 e. The van der Waals surface area contributed by atoms with E-state index in [1.807, 2.05) is 18.2 Å². The van der Waals surface area contributed by atoms with E-state index in [-0.39, 0.29) is 17.3 Å². The molecule has 2 aliphatic carbocycles. The number of carbonyl (C=O) groups is 1. The van der Waals surface area contributed by atoms with Crippen LogP contribution in [-0.4, -0.2) is 23.6 Å². The highest BCUT2D eigenvalue weighted by molar-refractivity contribution is 6.05. The van der Waals surface area contributed by atoms with Crippen LogP contribution < -0.4 is 4.74 Å². The smallest absolute Gasteiger partial charge is 0.169 e. The van der Waals surface area contributed by atoms with Crippen molar-refractivity contribution >= 4 is 5.78 Å². The van der Waals surface area contributed by atoms with Gasteiger partial charge in [0.05, 0.1) is 12.7 Å². The number of hydrogen-bond acceptors (Lipinski definition) is 3. The summed E-state index contributed by atoms with van der Waals surface area (Å²) in [4.78, 5) is 12.8. The molecule has 1 N–H and O–H groups in total. The van der Waals surface area contributed by atoms with Gasteiger partial charge in [0.15, 0.2) is 5.78 Å². The Hall–Kier alpha value is -1.35. The zero-order chi connectivity index (χ0) is 15.0. The summed E-state index contributed by atoms with van der Waals surface area (Å²) in [6.07, 6.45) is 3.72. The lowest BCUT2D eigenvalue weighted by Gasteiger charge is -2.33. The minimum Gasteiger partial charge on any atom is -0.493 e. The molecule has 3 rings (SSSR count). The normalized spacial score (nSPS) is 28.2. The Labute approximate surface area is 126 Å². The van der Waals surface area contributed by atoms with Gasteiger partial charge in [0.2, 0.25) is 0 Å². The molecule has 0 bridgehead atoms. The number of aliphatic hydroxyl groups excluding tert-OH is 1. The Morgan fingerprint density at radius 1 is 1.33 bits per heavy atom. The molecule has 0 radical (unpaired) electrons. The van der Waals surface area contributed by atoms with Crippen LogP contribution in [0.15, 0.2) is 18.2 Å². The van der Waals surface area contributed by atoms with Crippen molar-refractivity contribution in [1.82, 2.24) is 0 Å². The molecule has 2 aliphatic rings. The van der Waals surface area contributed by atoms with Crippen LogP contribution in [0.25, 0.3) is 0 Å². The molecule has 1 saturated carbocycles. The van der Waals surface area contributed by atoms with Crippen LogP contribution >= 0.6 is 0 Å². The number of aliphatic hydroxyl groups is 1. The second kappa shape index (κ2) is 5.45. The van der Waals surface area contributed by atoms with E-state index in [1.54, 1.807) is 0 Å². The molecule has 1 aromatic carbocycles. The van der Waals surface area contributed by atoms with Gasteiger partial charge in [-0.2, -0.15) is 0 Å². The lowest BCUT2D eigenvalue weighted by Crippen LogP contribution is -2.34. The zero-order valence-electron chi connectivity index (χ0n) is 12.9. The summed E-state index contributed by atoms with van der Waals surface area (Å²) < 4.78 is 5.74. The molecule has 0 aliphatic heterocycles. The zero-order valence-corrected chi connectivity index (χ0v) is 12.9. The van der Waals surface area contributed by atoms with Crippen molar-refractivity contribution < 1.29 is 14.6 Å². The molecule has 0 heterocycles. The third-order valence-corrected chi connectivity index (χ3v) is 4.83. The van der Waals surface area contributed by atoms with E-state index >= 15 is 0 Å². The minimum atomic E-state index is -0.252. The Balaban J connectivity index is 1.80. The first kappa shape index (κ1) is 14.6. The molecule has 114 valence electrons. The number of benzene rings is 1. The van der Waals surface area contributed by atoms with Gasteiger partial charge >= 0.3 is 0 Å². The van der Waals surface area contributed by atoms with E-state index in [9.17, 15) is 9.90 Å². The van der Waals surface area contributed by atoms with E-state index in [4.69, 9.17) is 4.74 Å². The number of ether oxygens (including phenoxy) is 1. The van der Waals surface area contributed by atoms with Crippen molar-refractivity contribution in [3.05, 3.63) is 29.3 Å². The molecule has 0 unspecified atom stereocenters. The van der Waals surface area contributed by atoms with E-state index in [0.717, 1.165) is 49.0 Å². The SMILES string of the molecule is CC(C)COc1ccc2c(c1)C(=O)[C@]1(CC[C@H](O)CC1)C2. The molecule has 1 aromatic rings. The van der Waals surface area contributed by atoms with E-state index in [2.05, 4.69) is 13.8 Å². The summed E-state index contributed by atoms with van der Waals surface area (Å²) in [6, 6.07) is 5.94. The van der Waals surface area contributed by atoms with Crippen LogP contribution in [-0.2, 0) is 6.42 Å². The van der Waals surface area contributed by atoms with Crippen LogP contribution in [0.4, 0.5) is 0 Å². The molecule has 1 spiro atoms. The average molecular weight is 288 g/mol. The van der Waals surface area contributed by atoms with Crippen LogP contribution in [0.3, 0.4) is 0 Å². The van der Waals surface area contributed by atoms with Crippen LogP contribution in [0.2, 0.25) is 0 Å². The second-order valence-electron chi connectivity index (χ2n) is 7.04. The summed E-state index contributed by atoms with van der Waals surface area (Å²) in [7, 11) is 0. The van der Waals surface area contributed by atoms with Gasteiger partial charge in [0.1, 0.15) is 5.75 Å². The van der Waals surface area contributed by atoms with Gasteiger partial charge < -0.3 is 9.84 Å². The lowest BCUT2D eigenvalue weighted by atomic mass is 9.70. The minimum absolute atomic E-state index is 0.225. The molecule has 0 amide bonds. The van der Waals surface area contributed by atoms with E-state index in [1.165, 1.54) is 0 Å². The molecule has 3 nitrogen and oxygen atoms in total. The number of ketones is 1. The molecule has 1 fully saturated rings. The van der Waals surface area contributed by atoms with Crippen molar-refractivity contribution in [3.8, 4) is 5.75 Å². The third-order valence-electron chi connectivity index (χ3n) is 4.83. The summed E-state index contributed by atoms with van der Waals surface area (Å²) in [5.74, 6) is 1.53. The fourth-order valence-electron chi connectivity index (χ4n) is 3.56. The number of fused-ring (bicyclic) bond motifs is 1. The number of carbonyl (C=O) groups excluding carboxylic acids is 1. The molecule has 0 aromatic heterocycles. The molecule has 3 heteroatoms. The fraction of sp³-hybridized carbons (Fsp3) is 0.611. The Morgan fingerprint density at radius 3 is 2.71 bits per heavy atom. The molecular formula is C18H24O3. The van der Waals surface area contributed by atoms with Gasteiger partial charge in [0.25, 0.3) is 0 Å². The fourth-order valence-corrected chi connectivity index (χ4v) is 3.56. The highest BCUT2D eigenvalue weighted by atomic mass is 16.5. The second-order valence-corrected chi connectivity index (χ2v) is 7.04. The Bertz CT molecular complexity index is 539. The van der Waals surface area contributed by atoms with Gasteiger partial charge in [-0.1, -0.05) is 19.9 Å². The van der Waals surface area contributed by atoms with Gasteiger partial charge in [0, 0.05) is 11.0 Å². The lowest BCUT2D eigenvalue weighted by molar-refractivity contribution is 0.0513. The van der Waals surface area contributed by atoms with Gasteiger partial charge in [-0.15, -0.1) is 0 Å². The highest BCUT2D eigenvalue weighted by Gasteiger charge is 2.47. The van der Waals surface area contributed by atoms with Gasteiger partial charge in [-0.25, -0.2) is 0 Å². The Morgan fingerprint density at radius 2 is 2.05 bits per heavy atom. The largest absolute Gasteiger partial charge is 0.493 e. The molecular weight excluding hydrogens is 264 g/mol. The van der Waals surface area contributed by atoms with E-state index in [0.29, 0.717) is 12.5 Å². The average Bonchev–Trinajstić information content (AvgIpc) is 2.73. The first-order chi connectivity index (χ1) is 10.00. The standard InChI is InChI=1S/C18H24O3/c1-12(2)11-21-15-4-3-13-10-18(17(20)16(13)9-15)7-5-14(19)6-8-18/h3-4,9,12,14,19H,5-8,10-11H2,1-2H3/t14-,18-. The first-order valence-electron chi connectivity index (χ1n) is 7.99. The molecule has 0 saturated heterocycles. The maximum absolute atomic E-state index is 12.8. The maximum atomic E-state index is 12.8. The van der Waals surface area contributed by atoms with Crippen LogP contribution in [0, 0.1) is 11.3 Å². The first-order valence-corrected chi connectivity index (χ1v) is 7.99. The van der Waals surface area contributed by atoms with Crippen LogP contribution in [0.5, 0.6) is 5.75 Å². The van der Waals surface area contributed by atoms with E-state index < -0.39 is 0 Å². The number of hydrogen-bond donors (Lipinski definition) is 1.